The molecule has 0 aliphatic heterocycles. The second-order valence-electron chi connectivity index (χ2n) is 17.2. The first-order valence-electron chi connectivity index (χ1n) is 25.0. The van der Waals surface area contributed by atoms with Gasteiger partial charge < -0.3 is 4.74 Å². The monoisotopic (exact) mass is 733 g/mol. The van der Waals surface area contributed by atoms with Gasteiger partial charge in [0.15, 0.2) is 0 Å². The van der Waals surface area contributed by atoms with E-state index in [0.29, 0.717) is 13.0 Å². The van der Waals surface area contributed by atoms with Gasteiger partial charge in [-0.15, -0.1) is 0 Å². The fraction of sp³-hybridized carbons (Fsp3) is 0.980. The zero-order valence-electron chi connectivity index (χ0n) is 36.6. The van der Waals surface area contributed by atoms with Crippen molar-refractivity contribution in [1.82, 2.24) is 0 Å². The van der Waals surface area contributed by atoms with E-state index in [9.17, 15) is 4.79 Å². The molecule has 0 aromatic heterocycles. The Morgan fingerprint density at radius 1 is 0.250 bits per heavy atom. The van der Waals surface area contributed by atoms with E-state index in [1.807, 2.05) is 0 Å². The lowest BCUT2D eigenvalue weighted by atomic mass is 10.0. The predicted molar refractivity (Wildman–Crippen MR) is 235 cm³/mol. The van der Waals surface area contributed by atoms with Gasteiger partial charge in [0.1, 0.15) is 0 Å². The third-order valence-corrected chi connectivity index (χ3v) is 11.7. The normalized spacial score (nSPS) is 11.5. The molecular weight excluding hydrogens is 633 g/mol. The highest BCUT2D eigenvalue weighted by Crippen LogP contribution is 2.17. The van der Waals surface area contributed by atoms with E-state index in [0.717, 1.165) is 12.8 Å². The van der Waals surface area contributed by atoms with Gasteiger partial charge in [0.05, 0.1) is 6.61 Å². The third kappa shape index (κ3) is 47.5. The molecule has 0 N–H and O–H groups in total. The molecule has 312 valence electrons. The number of ether oxygens (including phenoxy) is 1. The maximum atomic E-state index is 12.0. The molecule has 2 heteroatoms. The predicted octanol–water partition coefficient (Wildman–Crippen LogP) is 18.5. The highest BCUT2D eigenvalue weighted by atomic mass is 16.5. The van der Waals surface area contributed by atoms with Crippen LogP contribution in [0.15, 0.2) is 0 Å². The summed E-state index contributed by atoms with van der Waals surface area (Å²) < 4.78 is 5.48. The lowest BCUT2D eigenvalue weighted by Crippen LogP contribution is -2.05. The molecule has 0 unspecified atom stereocenters. The van der Waals surface area contributed by atoms with Crippen molar-refractivity contribution in [2.45, 2.75) is 309 Å². The third-order valence-electron chi connectivity index (χ3n) is 11.7. The van der Waals surface area contributed by atoms with Crippen molar-refractivity contribution in [3.05, 3.63) is 0 Å². The first kappa shape index (κ1) is 51.5. The van der Waals surface area contributed by atoms with Crippen LogP contribution < -0.4 is 0 Å². The quantitative estimate of drug-likeness (QED) is 0.0460. The Hall–Kier alpha value is -0.530. The molecule has 0 heterocycles. The maximum absolute atomic E-state index is 12.0. The molecule has 0 rings (SSSR count). The Kier molecular flexibility index (Phi) is 48.0. The minimum Gasteiger partial charge on any atom is -0.466 e. The fourth-order valence-electron chi connectivity index (χ4n) is 8.02. The summed E-state index contributed by atoms with van der Waals surface area (Å²) in [4.78, 5) is 12.0. The molecule has 0 aliphatic rings. The number of carbonyl (C=O) groups excluding carboxylic acids is 1. The highest BCUT2D eigenvalue weighted by Gasteiger charge is 2.03. The van der Waals surface area contributed by atoms with E-state index >= 15 is 0 Å². The van der Waals surface area contributed by atoms with Crippen LogP contribution in [0.4, 0.5) is 0 Å². The molecule has 0 amide bonds. The van der Waals surface area contributed by atoms with Crippen molar-refractivity contribution in [3.8, 4) is 0 Å². The summed E-state index contributed by atoms with van der Waals surface area (Å²) in [5, 5.41) is 0. The van der Waals surface area contributed by atoms with Crippen molar-refractivity contribution in [3.63, 3.8) is 0 Å². The largest absolute Gasteiger partial charge is 0.466 e. The number of esters is 1. The number of hydrogen-bond donors (Lipinski definition) is 0. The molecule has 0 saturated carbocycles. The van der Waals surface area contributed by atoms with Crippen molar-refractivity contribution >= 4 is 5.97 Å². The van der Waals surface area contributed by atoms with E-state index in [-0.39, 0.29) is 5.97 Å². The van der Waals surface area contributed by atoms with Gasteiger partial charge in [-0.25, -0.2) is 0 Å². The summed E-state index contributed by atoms with van der Waals surface area (Å²) in [5.74, 6) is 0.0313. The van der Waals surface area contributed by atoms with E-state index in [4.69, 9.17) is 4.74 Å². The summed E-state index contributed by atoms with van der Waals surface area (Å²) in [6, 6.07) is 0. The second kappa shape index (κ2) is 48.5. The molecule has 2 nitrogen and oxygen atoms in total. The fourth-order valence-corrected chi connectivity index (χ4v) is 8.02. The van der Waals surface area contributed by atoms with Crippen LogP contribution in [-0.2, 0) is 9.53 Å². The van der Waals surface area contributed by atoms with Gasteiger partial charge in [0.2, 0.25) is 0 Å². The topological polar surface area (TPSA) is 26.3 Å². The average molecular weight is 733 g/mol. The van der Waals surface area contributed by atoms with Crippen LogP contribution in [0.3, 0.4) is 0 Å². The first-order valence-corrected chi connectivity index (χ1v) is 25.0. The van der Waals surface area contributed by atoms with Crippen LogP contribution in [0.5, 0.6) is 0 Å². The van der Waals surface area contributed by atoms with Crippen molar-refractivity contribution < 1.29 is 9.53 Å². The average Bonchev–Trinajstić information content (AvgIpc) is 3.15. The number of unbranched alkanes of at least 4 members (excludes halogenated alkanes) is 43. The molecule has 0 saturated heterocycles. The van der Waals surface area contributed by atoms with Gasteiger partial charge in [0.25, 0.3) is 0 Å². The van der Waals surface area contributed by atoms with E-state index in [1.54, 1.807) is 0 Å². The first-order chi connectivity index (χ1) is 25.8. The Balaban J connectivity index is 3.12. The summed E-state index contributed by atoms with van der Waals surface area (Å²) in [6.45, 7) is 5.23. The number of rotatable bonds is 47. The minimum atomic E-state index is 0.0313. The van der Waals surface area contributed by atoms with E-state index in [2.05, 4.69) is 13.8 Å². The van der Waals surface area contributed by atoms with Gasteiger partial charge in [-0.3, -0.25) is 4.79 Å². The molecule has 0 aromatic carbocycles. The Labute approximate surface area is 330 Å². The smallest absolute Gasteiger partial charge is 0.305 e. The number of hydrogen-bond acceptors (Lipinski definition) is 2. The zero-order valence-corrected chi connectivity index (χ0v) is 36.6. The zero-order chi connectivity index (χ0) is 37.5. The Bertz CT molecular complexity index is 630. The lowest BCUT2D eigenvalue weighted by Gasteiger charge is -2.06. The Morgan fingerprint density at radius 2 is 0.423 bits per heavy atom. The Morgan fingerprint density at radius 3 is 0.635 bits per heavy atom. The molecule has 0 aliphatic carbocycles. The van der Waals surface area contributed by atoms with Gasteiger partial charge in [-0.05, 0) is 12.8 Å². The van der Waals surface area contributed by atoms with Crippen molar-refractivity contribution in [2.75, 3.05) is 6.61 Å². The van der Waals surface area contributed by atoms with Crippen LogP contribution in [0.2, 0.25) is 0 Å². The van der Waals surface area contributed by atoms with Crippen LogP contribution >= 0.6 is 0 Å². The van der Waals surface area contributed by atoms with Crippen LogP contribution in [0, 0.1) is 0 Å². The molecule has 0 atom stereocenters. The molecule has 0 fully saturated rings. The van der Waals surface area contributed by atoms with Gasteiger partial charge in [-0.2, -0.15) is 0 Å². The van der Waals surface area contributed by atoms with Gasteiger partial charge >= 0.3 is 5.97 Å². The summed E-state index contributed by atoms with van der Waals surface area (Å²) in [7, 11) is 0. The van der Waals surface area contributed by atoms with Crippen LogP contribution in [0.25, 0.3) is 0 Å². The van der Waals surface area contributed by atoms with Crippen LogP contribution in [-0.4, -0.2) is 12.6 Å². The minimum absolute atomic E-state index is 0.0313. The highest BCUT2D eigenvalue weighted by molar-refractivity contribution is 5.69. The molecule has 0 spiro atoms. The summed E-state index contributed by atoms with van der Waals surface area (Å²) >= 11 is 0. The van der Waals surface area contributed by atoms with Gasteiger partial charge in [-0.1, -0.05) is 290 Å². The molecule has 0 radical (unpaired) electrons. The molecular formula is C50H100O2. The second-order valence-corrected chi connectivity index (χ2v) is 17.2. The van der Waals surface area contributed by atoms with Crippen molar-refractivity contribution in [1.29, 1.82) is 0 Å². The standard InChI is InChI=1S/C50H100O2/c1-3-5-7-9-11-13-15-17-18-19-20-21-22-23-24-25-26-27-28-29-30-31-32-33-34-35-37-39-41-43-45-47-49-52-50(51)48-46-44-42-40-38-36-16-14-12-10-8-6-4-2/h3-49H2,1-2H3. The maximum Gasteiger partial charge on any atom is 0.305 e. The van der Waals surface area contributed by atoms with Crippen LogP contribution in [0.1, 0.15) is 309 Å². The number of carbonyl (C=O) groups is 1. The lowest BCUT2D eigenvalue weighted by molar-refractivity contribution is -0.143. The SMILES string of the molecule is CCCCCCCCCCCCCCCCCCCCCCCCCCCCCCCCCCOC(=O)CCCCCCCCCCCCCCC. The summed E-state index contributed by atoms with van der Waals surface area (Å²) in [5.41, 5.74) is 0. The van der Waals surface area contributed by atoms with Crippen molar-refractivity contribution in [2.24, 2.45) is 0 Å². The molecule has 0 aromatic rings. The van der Waals surface area contributed by atoms with E-state index < -0.39 is 0 Å². The summed E-state index contributed by atoms with van der Waals surface area (Å²) in [6.07, 6.45) is 63.9. The molecule has 52 heavy (non-hydrogen) atoms. The van der Waals surface area contributed by atoms with E-state index in [1.165, 1.54) is 276 Å². The van der Waals surface area contributed by atoms with Gasteiger partial charge in [0, 0.05) is 6.42 Å². The molecule has 0 bridgehead atoms.